The highest BCUT2D eigenvalue weighted by molar-refractivity contribution is 9.10. The van der Waals surface area contributed by atoms with E-state index >= 15 is 0 Å². The number of methoxy groups -OCH3 is 1. The van der Waals surface area contributed by atoms with Crippen molar-refractivity contribution in [3.8, 4) is 5.75 Å². The van der Waals surface area contributed by atoms with Crippen LogP contribution in [0.1, 0.15) is 22.7 Å². The Hall–Kier alpha value is -0.550. The highest BCUT2D eigenvalue weighted by Crippen LogP contribution is 2.34. The number of aryl methyl sites for hydroxylation is 1. The number of benzene rings is 2. The molecule has 0 aromatic heterocycles. The largest absolute Gasteiger partial charge is 0.496 e. The van der Waals surface area contributed by atoms with Gasteiger partial charge in [0.25, 0.3) is 0 Å². The van der Waals surface area contributed by atoms with E-state index in [4.69, 9.17) is 22.1 Å². The molecule has 0 amide bonds. The first-order chi connectivity index (χ1) is 9.42. The fourth-order valence-corrected chi connectivity index (χ4v) is 3.27. The molecule has 5 heteroatoms. The molecule has 0 heterocycles. The Labute approximate surface area is 140 Å². The summed E-state index contributed by atoms with van der Waals surface area (Å²) >= 11 is 13.1. The van der Waals surface area contributed by atoms with Crippen molar-refractivity contribution in [2.24, 2.45) is 5.73 Å². The Kier molecular flexibility index (Phi) is 5.13. The van der Waals surface area contributed by atoms with Crippen LogP contribution in [-0.4, -0.2) is 7.11 Å². The molecule has 0 radical (unpaired) electrons. The van der Waals surface area contributed by atoms with E-state index in [1.807, 2.05) is 37.3 Å². The lowest BCUT2D eigenvalue weighted by atomic mass is 9.97. The van der Waals surface area contributed by atoms with Crippen molar-refractivity contribution in [3.63, 3.8) is 0 Å². The molecule has 0 aliphatic carbocycles. The third-order valence-electron chi connectivity index (χ3n) is 3.09. The predicted octanol–water partition coefficient (Wildman–Crippen LogP) is 5.23. The van der Waals surface area contributed by atoms with Crippen LogP contribution in [-0.2, 0) is 0 Å². The van der Waals surface area contributed by atoms with Gasteiger partial charge in [0, 0.05) is 19.5 Å². The van der Waals surface area contributed by atoms with Crippen molar-refractivity contribution in [2.45, 2.75) is 13.0 Å². The number of halogens is 3. The van der Waals surface area contributed by atoms with Gasteiger partial charge in [-0.05, 0) is 48.4 Å². The van der Waals surface area contributed by atoms with Crippen LogP contribution in [0.5, 0.6) is 5.75 Å². The van der Waals surface area contributed by atoms with Crippen LogP contribution < -0.4 is 10.5 Å². The number of nitrogens with two attached hydrogens (primary N) is 1. The SMILES string of the molecule is COc1cc(C)c(Br)cc1C(N)c1cc(Cl)cc(Br)c1. The smallest absolute Gasteiger partial charge is 0.124 e. The van der Waals surface area contributed by atoms with Gasteiger partial charge in [-0.3, -0.25) is 0 Å². The quantitative estimate of drug-likeness (QED) is 0.739. The lowest BCUT2D eigenvalue weighted by Crippen LogP contribution is -2.13. The molecule has 2 N–H and O–H groups in total. The average Bonchev–Trinajstić information content (AvgIpc) is 2.39. The van der Waals surface area contributed by atoms with E-state index in [0.717, 1.165) is 31.4 Å². The molecule has 0 aliphatic rings. The Balaban J connectivity index is 2.52. The highest BCUT2D eigenvalue weighted by Gasteiger charge is 2.16. The van der Waals surface area contributed by atoms with E-state index in [1.54, 1.807) is 7.11 Å². The van der Waals surface area contributed by atoms with Gasteiger partial charge in [-0.25, -0.2) is 0 Å². The second kappa shape index (κ2) is 6.48. The summed E-state index contributed by atoms with van der Waals surface area (Å²) in [4.78, 5) is 0. The molecule has 2 rings (SSSR count). The fraction of sp³-hybridized carbons (Fsp3) is 0.200. The minimum atomic E-state index is -0.308. The van der Waals surface area contributed by atoms with Crippen molar-refractivity contribution >= 4 is 43.5 Å². The van der Waals surface area contributed by atoms with E-state index in [2.05, 4.69) is 31.9 Å². The number of ether oxygens (including phenoxy) is 1. The van der Waals surface area contributed by atoms with Crippen LogP contribution in [0.25, 0.3) is 0 Å². The second-order valence-electron chi connectivity index (χ2n) is 4.52. The van der Waals surface area contributed by atoms with Crippen molar-refractivity contribution < 1.29 is 4.74 Å². The number of hydrogen-bond donors (Lipinski definition) is 1. The summed E-state index contributed by atoms with van der Waals surface area (Å²) in [6.45, 7) is 2.01. The maximum absolute atomic E-state index is 6.37. The molecule has 2 aromatic rings. The lowest BCUT2D eigenvalue weighted by Gasteiger charge is -2.18. The topological polar surface area (TPSA) is 35.2 Å². The Morgan fingerprint density at radius 3 is 2.45 bits per heavy atom. The van der Waals surface area contributed by atoms with Gasteiger partial charge in [-0.1, -0.05) is 43.5 Å². The van der Waals surface area contributed by atoms with Crippen LogP contribution in [0, 0.1) is 6.92 Å². The van der Waals surface area contributed by atoms with Crippen LogP contribution in [0.3, 0.4) is 0 Å². The molecule has 20 heavy (non-hydrogen) atoms. The average molecular weight is 420 g/mol. The predicted molar refractivity (Wildman–Crippen MR) is 90.6 cm³/mol. The first-order valence-electron chi connectivity index (χ1n) is 5.98. The van der Waals surface area contributed by atoms with Gasteiger partial charge in [-0.2, -0.15) is 0 Å². The monoisotopic (exact) mass is 417 g/mol. The van der Waals surface area contributed by atoms with Crippen molar-refractivity contribution in [1.29, 1.82) is 0 Å². The fourth-order valence-electron chi connectivity index (χ4n) is 2.02. The third kappa shape index (κ3) is 3.37. The highest BCUT2D eigenvalue weighted by atomic mass is 79.9. The second-order valence-corrected chi connectivity index (χ2v) is 6.73. The minimum absolute atomic E-state index is 0.308. The minimum Gasteiger partial charge on any atom is -0.496 e. The van der Waals surface area contributed by atoms with Gasteiger partial charge in [0.05, 0.1) is 13.2 Å². The lowest BCUT2D eigenvalue weighted by molar-refractivity contribution is 0.407. The van der Waals surface area contributed by atoms with E-state index in [1.165, 1.54) is 0 Å². The van der Waals surface area contributed by atoms with E-state index in [9.17, 15) is 0 Å². The molecule has 2 nitrogen and oxygen atoms in total. The molecule has 1 unspecified atom stereocenters. The summed E-state index contributed by atoms with van der Waals surface area (Å²) < 4.78 is 7.35. The molecule has 1 atom stereocenters. The van der Waals surface area contributed by atoms with Crippen LogP contribution in [0.4, 0.5) is 0 Å². The van der Waals surface area contributed by atoms with Crippen molar-refractivity contribution in [1.82, 2.24) is 0 Å². The van der Waals surface area contributed by atoms with Gasteiger partial charge < -0.3 is 10.5 Å². The molecule has 0 saturated carbocycles. The van der Waals surface area contributed by atoms with Gasteiger partial charge in [0.2, 0.25) is 0 Å². The first kappa shape index (κ1) is 15.8. The summed E-state index contributed by atoms with van der Waals surface area (Å²) in [5, 5.41) is 0.648. The molecule has 0 aliphatic heterocycles. The summed E-state index contributed by atoms with van der Waals surface area (Å²) in [6.07, 6.45) is 0. The Bertz CT molecular complexity index is 626. The van der Waals surface area contributed by atoms with Crippen LogP contribution >= 0.6 is 43.5 Å². The zero-order chi connectivity index (χ0) is 14.9. The van der Waals surface area contributed by atoms with Crippen molar-refractivity contribution in [3.05, 3.63) is 61.0 Å². The first-order valence-corrected chi connectivity index (χ1v) is 7.94. The molecule has 0 saturated heterocycles. The third-order valence-corrected chi connectivity index (χ3v) is 4.62. The Morgan fingerprint density at radius 1 is 1.15 bits per heavy atom. The summed E-state index contributed by atoms with van der Waals surface area (Å²) in [5.41, 5.74) is 9.32. The summed E-state index contributed by atoms with van der Waals surface area (Å²) in [7, 11) is 1.65. The van der Waals surface area contributed by atoms with Gasteiger partial charge in [0.1, 0.15) is 5.75 Å². The van der Waals surface area contributed by atoms with Crippen LogP contribution in [0.2, 0.25) is 5.02 Å². The molecular formula is C15H14Br2ClNO. The molecule has 0 fully saturated rings. The van der Waals surface area contributed by atoms with Crippen LogP contribution in [0.15, 0.2) is 39.3 Å². The molecular weight excluding hydrogens is 405 g/mol. The van der Waals surface area contributed by atoms with E-state index < -0.39 is 0 Å². The number of rotatable bonds is 3. The molecule has 0 spiro atoms. The molecule has 2 aromatic carbocycles. The number of hydrogen-bond acceptors (Lipinski definition) is 2. The standard InChI is InChI=1S/C15H14Br2ClNO/c1-8-3-14(20-2)12(7-13(8)17)15(19)9-4-10(16)6-11(18)5-9/h3-7,15H,19H2,1-2H3. The zero-order valence-electron chi connectivity index (χ0n) is 11.1. The maximum atomic E-state index is 6.37. The van der Waals surface area contributed by atoms with Gasteiger partial charge in [0.15, 0.2) is 0 Å². The van der Waals surface area contributed by atoms with Crippen molar-refractivity contribution in [2.75, 3.05) is 7.11 Å². The van der Waals surface area contributed by atoms with Gasteiger partial charge >= 0.3 is 0 Å². The summed E-state index contributed by atoms with van der Waals surface area (Å²) in [5.74, 6) is 0.772. The van der Waals surface area contributed by atoms with E-state index in [0.29, 0.717) is 5.02 Å². The summed E-state index contributed by atoms with van der Waals surface area (Å²) in [6, 6.07) is 9.32. The van der Waals surface area contributed by atoms with Gasteiger partial charge in [-0.15, -0.1) is 0 Å². The van der Waals surface area contributed by atoms with E-state index in [-0.39, 0.29) is 6.04 Å². The zero-order valence-corrected chi connectivity index (χ0v) is 15.0. The Morgan fingerprint density at radius 2 is 1.85 bits per heavy atom. The normalized spacial score (nSPS) is 12.3. The molecule has 0 bridgehead atoms. The molecule has 106 valence electrons. The maximum Gasteiger partial charge on any atom is 0.124 e.